The quantitative estimate of drug-likeness (QED) is 0.551. The molecule has 1 aromatic heterocycles. The van der Waals surface area contributed by atoms with Gasteiger partial charge in [0.2, 0.25) is 0 Å². The van der Waals surface area contributed by atoms with Crippen LogP contribution < -0.4 is 0 Å². The predicted octanol–water partition coefficient (Wildman–Crippen LogP) is 3.48. The van der Waals surface area contributed by atoms with Crippen molar-refractivity contribution in [2.75, 3.05) is 0 Å². The Kier molecular flexibility index (Phi) is 2.23. The Morgan fingerprint density at radius 3 is 2.65 bits per heavy atom. The first-order valence-corrected chi connectivity index (χ1v) is 6.34. The number of rotatable bonds is 1. The molecule has 96 valence electrons. The van der Waals surface area contributed by atoms with Crippen LogP contribution in [0.15, 0.2) is 54.6 Å². The number of aromatic nitrogens is 3. The minimum atomic E-state index is 0.270. The van der Waals surface area contributed by atoms with Gasteiger partial charge in [0.25, 0.3) is 0 Å². The highest BCUT2D eigenvalue weighted by molar-refractivity contribution is 6.00. The Labute approximate surface area is 114 Å². The third-order valence-electron chi connectivity index (χ3n) is 3.51. The standard InChI is InChI=1S/C16H11N3O/c20-15-8-6-10-3-1-2-4-12(10)16(15)11-5-7-13-14(9-11)18-19-17-13/h1-9,20H,(H,17,18,19). The molecular formula is C16H11N3O. The number of hydrogen-bond acceptors (Lipinski definition) is 3. The summed E-state index contributed by atoms with van der Waals surface area (Å²) in [6, 6.07) is 17.4. The first kappa shape index (κ1) is 11.0. The molecule has 0 fully saturated rings. The number of phenols is 1. The van der Waals surface area contributed by atoms with Crippen LogP contribution in [0.25, 0.3) is 32.9 Å². The van der Waals surface area contributed by atoms with Gasteiger partial charge in [-0.05, 0) is 34.5 Å². The third-order valence-corrected chi connectivity index (χ3v) is 3.51. The summed E-state index contributed by atoms with van der Waals surface area (Å²) in [7, 11) is 0. The van der Waals surface area contributed by atoms with E-state index < -0.39 is 0 Å². The van der Waals surface area contributed by atoms with Gasteiger partial charge in [-0.3, -0.25) is 0 Å². The fourth-order valence-corrected chi connectivity index (χ4v) is 2.56. The molecule has 4 nitrogen and oxygen atoms in total. The lowest BCUT2D eigenvalue weighted by molar-refractivity contribution is 0.478. The molecule has 4 aromatic rings. The van der Waals surface area contributed by atoms with Gasteiger partial charge < -0.3 is 5.11 Å². The summed E-state index contributed by atoms with van der Waals surface area (Å²) >= 11 is 0. The van der Waals surface area contributed by atoms with Gasteiger partial charge in [-0.2, -0.15) is 15.4 Å². The number of benzene rings is 3. The molecule has 0 spiro atoms. The van der Waals surface area contributed by atoms with Crippen molar-refractivity contribution >= 4 is 21.8 Å². The van der Waals surface area contributed by atoms with Crippen molar-refractivity contribution in [1.82, 2.24) is 15.4 Å². The summed E-state index contributed by atoms with van der Waals surface area (Å²) in [6.45, 7) is 0. The van der Waals surface area contributed by atoms with E-state index in [9.17, 15) is 5.11 Å². The van der Waals surface area contributed by atoms with Crippen molar-refractivity contribution in [2.45, 2.75) is 0 Å². The second-order valence-electron chi connectivity index (χ2n) is 4.71. The molecular weight excluding hydrogens is 250 g/mol. The lowest BCUT2D eigenvalue weighted by Gasteiger charge is -2.09. The number of H-pyrrole nitrogens is 1. The van der Waals surface area contributed by atoms with Crippen molar-refractivity contribution in [1.29, 1.82) is 0 Å². The van der Waals surface area contributed by atoms with Crippen LogP contribution in [-0.2, 0) is 0 Å². The average Bonchev–Trinajstić information content (AvgIpc) is 2.94. The molecule has 0 saturated heterocycles. The van der Waals surface area contributed by atoms with Gasteiger partial charge in [0.1, 0.15) is 16.8 Å². The van der Waals surface area contributed by atoms with Crippen molar-refractivity contribution < 1.29 is 5.11 Å². The monoisotopic (exact) mass is 261 g/mol. The van der Waals surface area contributed by atoms with E-state index in [0.29, 0.717) is 0 Å². The largest absolute Gasteiger partial charge is 0.507 e. The van der Waals surface area contributed by atoms with E-state index in [1.165, 1.54) is 0 Å². The molecule has 0 aliphatic heterocycles. The van der Waals surface area contributed by atoms with Gasteiger partial charge >= 0.3 is 0 Å². The van der Waals surface area contributed by atoms with Crippen LogP contribution in [0, 0.1) is 0 Å². The second kappa shape index (κ2) is 4.06. The van der Waals surface area contributed by atoms with E-state index in [1.54, 1.807) is 6.07 Å². The molecule has 0 atom stereocenters. The van der Waals surface area contributed by atoms with Crippen LogP contribution in [0.5, 0.6) is 5.75 Å². The maximum Gasteiger partial charge on any atom is 0.124 e. The zero-order valence-corrected chi connectivity index (χ0v) is 10.5. The molecule has 0 amide bonds. The van der Waals surface area contributed by atoms with Crippen molar-refractivity contribution in [3.05, 3.63) is 54.6 Å². The average molecular weight is 261 g/mol. The fraction of sp³-hybridized carbons (Fsp3) is 0. The van der Waals surface area contributed by atoms with Crippen molar-refractivity contribution in [3.63, 3.8) is 0 Å². The van der Waals surface area contributed by atoms with E-state index in [-0.39, 0.29) is 5.75 Å². The maximum absolute atomic E-state index is 10.2. The van der Waals surface area contributed by atoms with Crippen LogP contribution in [0.3, 0.4) is 0 Å². The number of aromatic amines is 1. The highest BCUT2D eigenvalue weighted by Gasteiger charge is 2.10. The van der Waals surface area contributed by atoms with Crippen LogP contribution in [0.1, 0.15) is 0 Å². The predicted molar refractivity (Wildman–Crippen MR) is 78.5 cm³/mol. The maximum atomic E-state index is 10.2. The molecule has 0 aliphatic rings. The van der Waals surface area contributed by atoms with Gasteiger partial charge in [-0.15, -0.1) is 0 Å². The number of fused-ring (bicyclic) bond motifs is 2. The fourth-order valence-electron chi connectivity index (χ4n) is 2.56. The minimum Gasteiger partial charge on any atom is -0.507 e. The zero-order chi connectivity index (χ0) is 13.5. The number of nitrogens with zero attached hydrogens (tertiary/aromatic N) is 2. The van der Waals surface area contributed by atoms with E-state index >= 15 is 0 Å². The SMILES string of the molecule is Oc1ccc2ccccc2c1-c1ccc2n[nH]nc2c1. The molecule has 4 rings (SSSR count). The van der Waals surface area contributed by atoms with Crippen LogP contribution >= 0.6 is 0 Å². The normalized spacial score (nSPS) is 11.2. The summed E-state index contributed by atoms with van der Waals surface area (Å²) < 4.78 is 0. The number of nitrogens with one attached hydrogen (secondary N) is 1. The molecule has 0 unspecified atom stereocenters. The van der Waals surface area contributed by atoms with E-state index in [2.05, 4.69) is 15.4 Å². The number of hydrogen-bond donors (Lipinski definition) is 2. The van der Waals surface area contributed by atoms with E-state index in [1.807, 2.05) is 48.5 Å². The molecule has 2 N–H and O–H groups in total. The Morgan fingerprint density at radius 1 is 0.850 bits per heavy atom. The van der Waals surface area contributed by atoms with E-state index in [0.717, 1.165) is 32.9 Å². The van der Waals surface area contributed by atoms with Gasteiger partial charge in [0, 0.05) is 5.56 Å². The lowest BCUT2D eigenvalue weighted by Crippen LogP contribution is -1.83. The van der Waals surface area contributed by atoms with Crippen LogP contribution in [-0.4, -0.2) is 20.5 Å². The molecule has 1 heterocycles. The van der Waals surface area contributed by atoms with Crippen LogP contribution in [0.4, 0.5) is 0 Å². The smallest absolute Gasteiger partial charge is 0.124 e. The molecule has 20 heavy (non-hydrogen) atoms. The topological polar surface area (TPSA) is 61.8 Å². The summed E-state index contributed by atoms with van der Waals surface area (Å²) in [5, 5.41) is 23.1. The third kappa shape index (κ3) is 1.55. The lowest BCUT2D eigenvalue weighted by atomic mass is 9.97. The number of aromatic hydroxyl groups is 1. The highest BCUT2D eigenvalue weighted by Crippen LogP contribution is 2.36. The number of phenolic OH excluding ortho intramolecular Hbond substituents is 1. The Balaban J connectivity index is 2.07. The minimum absolute atomic E-state index is 0.270. The first-order valence-electron chi connectivity index (χ1n) is 6.34. The van der Waals surface area contributed by atoms with Gasteiger partial charge in [-0.1, -0.05) is 36.4 Å². The summed E-state index contributed by atoms with van der Waals surface area (Å²) in [6.07, 6.45) is 0. The van der Waals surface area contributed by atoms with Crippen molar-refractivity contribution in [3.8, 4) is 16.9 Å². The Hall–Kier alpha value is -2.88. The Morgan fingerprint density at radius 2 is 1.70 bits per heavy atom. The second-order valence-corrected chi connectivity index (χ2v) is 4.71. The molecule has 0 aliphatic carbocycles. The van der Waals surface area contributed by atoms with Crippen LogP contribution in [0.2, 0.25) is 0 Å². The van der Waals surface area contributed by atoms with Gasteiger partial charge in [0.05, 0.1) is 0 Å². The molecule has 0 saturated carbocycles. The summed E-state index contributed by atoms with van der Waals surface area (Å²) in [5.74, 6) is 0.270. The van der Waals surface area contributed by atoms with Crippen molar-refractivity contribution in [2.24, 2.45) is 0 Å². The Bertz CT molecular complexity index is 927. The summed E-state index contributed by atoms with van der Waals surface area (Å²) in [4.78, 5) is 0. The van der Waals surface area contributed by atoms with E-state index in [4.69, 9.17) is 0 Å². The first-order chi connectivity index (χ1) is 9.83. The molecule has 0 radical (unpaired) electrons. The molecule has 0 bridgehead atoms. The highest BCUT2D eigenvalue weighted by atomic mass is 16.3. The molecule has 4 heteroatoms. The molecule has 3 aromatic carbocycles. The zero-order valence-electron chi connectivity index (χ0n) is 10.5. The van der Waals surface area contributed by atoms with Gasteiger partial charge in [0.15, 0.2) is 0 Å². The summed E-state index contributed by atoms with van der Waals surface area (Å²) in [5.41, 5.74) is 3.36. The van der Waals surface area contributed by atoms with Gasteiger partial charge in [-0.25, -0.2) is 0 Å².